The third-order valence-electron chi connectivity index (χ3n) is 2.96. The minimum atomic E-state index is -0.192. The molecule has 1 heterocycles. The van der Waals surface area contributed by atoms with Crippen molar-refractivity contribution in [1.82, 2.24) is 5.32 Å². The van der Waals surface area contributed by atoms with Gasteiger partial charge in [-0.25, -0.2) is 0 Å². The summed E-state index contributed by atoms with van der Waals surface area (Å²) in [4.78, 5) is 0. The van der Waals surface area contributed by atoms with Gasteiger partial charge >= 0.3 is 0 Å². The summed E-state index contributed by atoms with van der Waals surface area (Å²) in [6.45, 7) is 4.87. The molecule has 0 spiro atoms. The van der Waals surface area contributed by atoms with Crippen molar-refractivity contribution < 1.29 is 4.74 Å². The third kappa shape index (κ3) is 3.59. The van der Waals surface area contributed by atoms with Crippen LogP contribution in [0.3, 0.4) is 0 Å². The quantitative estimate of drug-likeness (QED) is 0.908. The third-order valence-corrected chi connectivity index (χ3v) is 3.70. The number of aryl methyl sites for hydroxylation is 1. The molecule has 2 rings (SSSR count). The van der Waals surface area contributed by atoms with Crippen molar-refractivity contribution >= 4 is 23.2 Å². The van der Waals surface area contributed by atoms with E-state index in [4.69, 9.17) is 27.9 Å². The van der Waals surface area contributed by atoms with E-state index in [1.54, 1.807) is 0 Å². The molecule has 1 atom stereocenters. The van der Waals surface area contributed by atoms with Crippen molar-refractivity contribution in [3.05, 3.63) is 33.8 Å². The molecule has 0 amide bonds. The first-order valence-electron chi connectivity index (χ1n) is 5.82. The van der Waals surface area contributed by atoms with Crippen molar-refractivity contribution in [2.75, 3.05) is 6.61 Å². The molecule has 1 fully saturated rings. The molecule has 1 aliphatic heterocycles. The monoisotopic (exact) mass is 273 g/mol. The molecule has 0 radical (unpaired) electrons. The topological polar surface area (TPSA) is 21.3 Å². The van der Waals surface area contributed by atoms with Gasteiger partial charge in [0.2, 0.25) is 0 Å². The van der Waals surface area contributed by atoms with E-state index >= 15 is 0 Å². The first-order valence-corrected chi connectivity index (χ1v) is 6.57. The van der Waals surface area contributed by atoms with Crippen LogP contribution in [0.5, 0.6) is 0 Å². The van der Waals surface area contributed by atoms with Gasteiger partial charge in [-0.2, -0.15) is 0 Å². The number of halogens is 2. The van der Waals surface area contributed by atoms with Gasteiger partial charge in [0.1, 0.15) is 5.72 Å². The van der Waals surface area contributed by atoms with Gasteiger partial charge in [0, 0.05) is 6.04 Å². The summed E-state index contributed by atoms with van der Waals surface area (Å²) in [6, 6.07) is 6.22. The Morgan fingerprint density at radius 3 is 2.71 bits per heavy atom. The number of benzene rings is 1. The Labute approximate surface area is 112 Å². The van der Waals surface area contributed by atoms with E-state index < -0.39 is 0 Å². The van der Waals surface area contributed by atoms with Crippen LogP contribution in [0.4, 0.5) is 0 Å². The zero-order chi connectivity index (χ0) is 12.5. The molecule has 0 aromatic heterocycles. The van der Waals surface area contributed by atoms with Crippen molar-refractivity contribution in [2.24, 2.45) is 0 Å². The van der Waals surface area contributed by atoms with Crippen LogP contribution in [0.25, 0.3) is 0 Å². The van der Waals surface area contributed by atoms with Gasteiger partial charge in [-0.15, -0.1) is 0 Å². The lowest BCUT2D eigenvalue weighted by Crippen LogP contribution is -2.38. The Kier molecular flexibility index (Phi) is 3.99. The Bertz CT molecular complexity index is 406. The molecular weight excluding hydrogens is 257 g/mol. The Balaban J connectivity index is 1.88. The standard InChI is InChI=1S/C13H17Cl2NO/c1-13(2)16-10(8-17-13)5-3-9-4-6-11(14)12(15)7-9/h4,6-7,10,16H,3,5,8H2,1-2H3/t10-/m0/s1. The summed E-state index contributed by atoms with van der Waals surface area (Å²) in [5, 5.41) is 4.68. The molecule has 0 aliphatic carbocycles. The lowest BCUT2D eigenvalue weighted by molar-refractivity contribution is 0.0231. The van der Waals surface area contributed by atoms with Gasteiger partial charge in [-0.1, -0.05) is 29.3 Å². The lowest BCUT2D eigenvalue weighted by atomic mass is 10.1. The van der Waals surface area contributed by atoms with Gasteiger partial charge < -0.3 is 4.74 Å². The molecular formula is C13H17Cl2NO. The Morgan fingerprint density at radius 1 is 1.35 bits per heavy atom. The van der Waals surface area contributed by atoms with E-state index in [0.29, 0.717) is 16.1 Å². The van der Waals surface area contributed by atoms with E-state index in [2.05, 4.69) is 5.32 Å². The molecule has 17 heavy (non-hydrogen) atoms. The fraction of sp³-hybridized carbons (Fsp3) is 0.538. The van der Waals surface area contributed by atoms with E-state index in [0.717, 1.165) is 19.4 Å². The van der Waals surface area contributed by atoms with Gasteiger partial charge in [0.25, 0.3) is 0 Å². The molecule has 4 heteroatoms. The van der Waals surface area contributed by atoms with Crippen LogP contribution < -0.4 is 5.32 Å². The second-order valence-corrected chi connectivity index (χ2v) is 5.76. The zero-order valence-electron chi connectivity index (χ0n) is 10.1. The summed E-state index contributed by atoms with van der Waals surface area (Å²) < 4.78 is 5.63. The van der Waals surface area contributed by atoms with Gasteiger partial charge in [0.15, 0.2) is 0 Å². The second-order valence-electron chi connectivity index (χ2n) is 4.95. The van der Waals surface area contributed by atoms with E-state index in [-0.39, 0.29) is 5.72 Å². The van der Waals surface area contributed by atoms with Crippen LogP contribution in [-0.2, 0) is 11.2 Å². The fourth-order valence-electron chi connectivity index (χ4n) is 2.08. The first kappa shape index (κ1) is 13.2. The summed E-state index contributed by atoms with van der Waals surface area (Å²) in [5.74, 6) is 0. The highest BCUT2D eigenvalue weighted by Crippen LogP contribution is 2.24. The number of nitrogens with one attached hydrogen (secondary N) is 1. The molecule has 0 unspecified atom stereocenters. The molecule has 2 nitrogen and oxygen atoms in total. The van der Waals surface area contributed by atoms with Crippen LogP contribution in [-0.4, -0.2) is 18.4 Å². The van der Waals surface area contributed by atoms with Gasteiger partial charge in [0.05, 0.1) is 16.7 Å². The molecule has 1 saturated heterocycles. The molecule has 0 saturated carbocycles. The van der Waals surface area contributed by atoms with Crippen molar-refractivity contribution in [3.63, 3.8) is 0 Å². The smallest absolute Gasteiger partial charge is 0.113 e. The lowest BCUT2D eigenvalue weighted by Gasteiger charge is -2.18. The summed E-state index contributed by atoms with van der Waals surface area (Å²) in [7, 11) is 0. The van der Waals surface area contributed by atoms with Crippen LogP contribution in [0.1, 0.15) is 25.8 Å². The molecule has 1 aromatic rings. The number of hydrogen-bond acceptors (Lipinski definition) is 2. The maximum atomic E-state index is 5.98. The highest BCUT2D eigenvalue weighted by Gasteiger charge is 2.30. The van der Waals surface area contributed by atoms with Gasteiger partial charge in [-0.3, -0.25) is 5.32 Å². The van der Waals surface area contributed by atoms with E-state index in [1.807, 2.05) is 32.0 Å². The van der Waals surface area contributed by atoms with Crippen LogP contribution in [0.15, 0.2) is 18.2 Å². The van der Waals surface area contributed by atoms with Gasteiger partial charge in [-0.05, 0) is 44.4 Å². The largest absolute Gasteiger partial charge is 0.360 e. The molecule has 0 bridgehead atoms. The highest BCUT2D eigenvalue weighted by atomic mass is 35.5. The summed E-state index contributed by atoms with van der Waals surface area (Å²) in [6.07, 6.45) is 2.02. The maximum Gasteiger partial charge on any atom is 0.113 e. The molecule has 1 aliphatic rings. The van der Waals surface area contributed by atoms with Crippen molar-refractivity contribution in [2.45, 2.75) is 38.5 Å². The normalized spacial score (nSPS) is 22.9. The zero-order valence-corrected chi connectivity index (χ0v) is 11.6. The average molecular weight is 274 g/mol. The Hall–Kier alpha value is -0.280. The fourth-order valence-corrected chi connectivity index (χ4v) is 2.40. The first-order chi connectivity index (χ1) is 7.96. The number of rotatable bonds is 3. The predicted octanol–water partition coefficient (Wildman–Crippen LogP) is 3.65. The van der Waals surface area contributed by atoms with Crippen LogP contribution in [0, 0.1) is 0 Å². The van der Waals surface area contributed by atoms with Crippen molar-refractivity contribution in [3.8, 4) is 0 Å². The molecule has 1 aromatic carbocycles. The van der Waals surface area contributed by atoms with Crippen LogP contribution >= 0.6 is 23.2 Å². The summed E-state index contributed by atoms with van der Waals surface area (Å²) in [5.41, 5.74) is 1.02. The second kappa shape index (κ2) is 5.15. The van der Waals surface area contributed by atoms with Crippen LogP contribution in [0.2, 0.25) is 10.0 Å². The molecule has 94 valence electrons. The summed E-state index contributed by atoms with van der Waals surface area (Å²) >= 11 is 11.9. The highest BCUT2D eigenvalue weighted by molar-refractivity contribution is 6.42. The maximum absolute atomic E-state index is 5.98. The minimum absolute atomic E-state index is 0.192. The Morgan fingerprint density at radius 2 is 2.12 bits per heavy atom. The predicted molar refractivity (Wildman–Crippen MR) is 71.7 cm³/mol. The molecule has 1 N–H and O–H groups in total. The number of ether oxygens (including phenoxy) is 1. The number of hydrogen-bond donors (Lipinski definition) is 1. The minimum Gasteiger partial charge on any atom is -0.360 e. The van der Waals surface area contributed by atoms with Crippen molar-refractivity contribution in [1.29, 1.82) is 0 Å². The van der Waals surface area contributed by atoms with E-state index in [1.165, 1.54) is 5.56 Å². The van der Waals surface area contributed by atoms with E-state index in [9.17, 15) is 0 Å². The average Bonchev–Trinajstić information content (AvgIpc) is 2.60. The SMILES string of the molecule is CC1(C)N[C@@H](CCc2ccc(Cl)c(Cl)c2)CO1.